The van der Waals surface area contributed by atoms with Crippen molar-refractivity contribution in [3.8, 4) is 5.75 Å². The lowest BCUT2D eigenvalue weighted by atomic mass is 10.00. The molecular weight excluding hydrogens is 250 g/mol. The molecule has 4 heteroatoms. The van der Waals surface area contributed by atoms with Crippen LogP contribution >= 0.6 is 0 Å². The monoisotopic (exact) mass is 271 g/mol. The van der Waals surface area contributed by atoms with E-state index in [4.69, 9.17) is 4.74 Å². The first-order valence-electron chi connectivity index (χ1n) is 7.06. The first-order valence-corrected chi connectivity index (χ1v) is 7.06. The Morgan fingerprint density at radius 2 is 2.30 bits per heavy atom. The van der Waals surface area contributed by atoms with Crippen molar-refractivity contribution < 1.29 is 4.74 Å². The molecule has 2 aromatic rings. The number of H-pyrrole nitrogens is 1. The molecule has 1 aliphatic heterocycles. The molecule has 1 aromatic heterocycles. The van der Waals surface area contributed by atoms with Crippen molar-refractivity contribution in [2.75, 3.05) is 0 Å². The molecule has 0 fully saturated rings. The fraction of sp³-hybridized carbons (Fsp3) is 0.438. The Morgan fingerprint density at radius 3 is 3.05 bits per heavy atom. The van der Waals surface area contributed by atoms with E-state index in [0.29, 0.717) is 0 Å². The third-order valence-corrected chi connectivity index (χ3v) is 3.76. The van der Waals surface area contributed by atoms with Crippen LogP contribution in [0, 0.1) is 0 Å². The zero-order valence-corrected chi connectivity index (χ0v) is 12.2. The smallest absolute Gasteiger partial charge is 0.123 e. The number of ether oxygens (including phenoxy) is 1. The summed E-state index contributed by atoms with van der Waals surface area (Å²) in [6, 6.07) is 6.76. The van der Waals surface area contributed by atoms with Crippen LogP contribution in [0.25, 0.3) is 0 Å². The van der Waals surface area contributed by atoms with E-state index in [0.717, 1.165) is 18.7 Å². The summed E-state index contributed by atoms with van der Waals surface area (Å²) in [6.07, 6.45) is 4.76. The average Bonchev–Trinajstić information content (AvgIpc) is 3.00. The van der Waals surface area contributed by atoms with E-state index in [1.807, 2.05) is 12.4 Å². The lowest BCUT2D eigenvalue weighted by molar-refractivity contribution is 0.138. The summed E-state index contributed by atoms with van der Waals surface area (Å²) in [6.45, 7) is 7.25. The molecular formula is C16H21N3O. The number of aromatic nitrogens is 2. The van der Waals surface area contributed by atoms with Crippen LogP contribution in [0.15, 0.2) is 30.6 Å². The summed E-state index contributed by atoms with van der Waals surface area (Å²) in [5, 5.41) is 10.3. The second-order valence-electron chi connectivity index (χ2n) is 6.11. The van der Waals surface area contributed by atoms with Crippen molar-refractivity contribution in [2.24, 2.45) is 0 Å². The van der Waals surface area contributed by atoms with E-state index in [-0.39, 0.29) is 11.6 Å². The number of hydrogen-bond donors (Lipinski definition) is 2. The topological polar surface area (TPSA) is 49.9 Å². The van der Waals surface area contributed by atoms with E-state index in [1.54, 1.807) is 0 Å². The number of hydrogen-bond acceptors (Lipinski definition) is 3. The molecule has 0 radical (unpaired) electrons. The first-order chi connectivity index (χ1) is 9.53. The Kier molecular flexibility index (Phi) is 3.26. The minimum absolute atomic E-state index is 0.0710. The van der Waals surface area contributed by atoms with Crippen molar-refractivity contribution in [3.63, 3.8) is 0 Å². The van der Waals surface area contributed by atoms with Gasteiger partial charge >= 0.3 is 0 Å². The fourth-order valence-electron chi connectivity index (χ4n) is 2.66. The van der Waals surface area contributed by atoms with Crippen LogP contribution in [0.1, 0.15) is 43.5 Å². The van der Waals surface area contributed by atoms with Crippen molar-refractivity contribution in [1.29, 1.82) is 0 Å². The Bertz CT molecular complexity index is 590. The third-order valence-electron chi connectivity index (χ3n) is 3.76. The Labute approximate surface area is 119 Å². The minimum Gasteiger partial charge on any atom is -0.487 e. The van der Waals surface area contributed by atoms with Crippen LogP contribution in [0.4, 0.5) is 0 Å². The van der Waals surface area contributed by atoms with Gasteiger partial charge in [-0.25, -0.2) is 0 Å². The molecule has 1 atom stereocenters. The van der Waals surface area contributed by atoms with Gasteiger partial charge in [0.15, 0.2) is 0 Å². The summed E-state index contributed by atoms with van der Waals surface area (Å²) >= 11 is 0. The molecule has 2 N–H and O–H groups in total. The van der Waals surface area contributed by atoms with Gasteiger partial charge in [0.2, 0.25) is 0 Å². The van der Waals surface area contributed by atoms with Crippen LogP contribution in [0.2, 0.25) is 0 Å². The van der Waals surface area contributed by atoms with Crippen LogP contribution < -0.4 is 10.1 Å². The lowest BCUT2D eigenvalue weighted by Gasteiger charge is -2.16. The molecule has 1 aromatic carbocycles. The zero-order valence-electron chi connectivity index (χ0n) is 12.2. The standard InChI is InChI=1S/C16H21N3O/c1-11(14-9-18-19-10-14)17-8-12-4-5-15-13(6-12)7-16(2,3)20-15/h4-6,9-11,17H,7-8H2,1-3H3,(H,18,19). The second kappa shape index (κ2) is 4.94. The largest absolute Gasteiger partial charge is 0.487 e. The number of fused-ring (bicyclic) bond motifs is 1. The van der Waals surface area contributed by atoms with E-state index in [1.165, 1.54) is 16.7 Å². The van der Waals surface area contributed by atoms with E-state index in [9.17, 15) is 0 Å². The molecule has 0 bridgehead atoms. The molecule has 0 saturated carbocycles. The van der Waals surface area contributed by atoms with Gasteiger partial charge < -0.3 is 10.1 Å². The van der Waals surface area contributed by atoms with Gasteiger partial charge in [0, 0.05) is 30.8 Å². The van der Waals surface area contributed by atoms with Crippen LogP contribution in [-0.2, 0) is 13.0 Å². The van der Waals surface area contributed by atoms with Crippen LogP contribution in [0.3, 0.4) is 0 Å². The van der Waals surface area contributed by atoms with Crippen molar-refractivity contribution in [1.82, 2.24) is 15.5 Å². The van der Waals surface area contributed by atoms with Gasteiger partial charge in [0.25, 0.3) is 0 Å². The van der Waals surface area contributed by atoms with Crippen molar-refractivity contribution in [2.45, 2.75) is 45.4 Å². The molecule has 0 amide bonds. The highest BCUT2D eigenvalue weighted by Gasteiger charge is 2.29. The first kappa shape index (κ1) is 13.2. The predicted octanol–water partition coefficient (Wildman–Crippen LogP) is 2.97. The van der Waals surface area contributed by atoms with Crippen LogP contribution in [-0.4, -0.2) is 15.8 Å². The summed E-state index contributed by atoms with van der Waals surface area (Å²) in [7, 11) is 0. The maximum atomic E-state index is 5.90. The highest BCUT2D eigenvalue weighted by molar-refractivity contribution is 5.41. The van der Waals surface area contributed by atoms with Crippen LogP contribution in [0.5, 0.6) is 5.75 Å². The van der Waals surface area contributed by atoms with Gasteiger partial charge in [0.1, 0.15) is 11.4 Å². The lowest BCUT2D eigenvalue weighted by Crippen LogP contribution is -2.24. The SMILES string of the molecule is CC(NCc1ccc2c(c1)CC(C)(C)O2)c1cn[nH]c1. The number of aromatic amines is 1. The Morgan fingerprint density at radius 1 is 1.45 bits per heavy atom. The number of benzene rings is 1. The highest BCUT2D eigenvalue weighted by atomic mass is 16.5. The molecule has 20 heavy (non-hydrogen) atoms. The van der Waals surface area contributed by atoms with Crippen molar-refractivity contribution >= 4 is 0 Å². The number of rotatable bonds is 4. The number of nitrogens with one attached hydrogen (secondary N) is 2. The quantitative estimate of drug-likeness (QED) is 0.899. The summed E-state index contributed by atoms with van der Waals surface area (Å²) in [5.41, 5.74) is 3.71. The molecule has 106 valence electrons. The third kappa shape index (κ3) is 2.70. The Hall–Kier alpha value is -1.81. The van der Waals surface area contributed by atoms with Gasteiger partial charge in [-0.2, -0.15) is 5.10 Å². The molecule has 0 spiro atoms. The normalized spacial score (nSPS) is 17.6. The van der Waals surface area contributed by atoms with Gasteiger partial charge in [0.05, 0.1) is 6.20 Å². The van der Waals surface area contributed by atoms with Gasteiger partial charge in [-0.05, 0) is 38.0 Å². The molecule has 2 heterocycles. The maximum absolute atomic E-state index is 5.90. The highest BCUT2D eigenvalue weighted by Crippen LogP contribution is 2.35. The zero-order chi connectivity index (χ0) is 14.2. The maximum Gasteiger partial charge on any atom is 0.123 e. The fourth-order valence-corrected chi connectivity index (χ4v) is 2.66. The molecule has 1 unspecified atom stereocenters. The Balaban J connectivity index is 1.65. The summed E-state index contributed by atoms with van der Waals surface area (Å²) in [5.74, 6) is 1.03. The van der Waals surface area contributed by atoms with E-state index < -0.39 is 0 Å². The predicted molar refractivity (Wildman–Crippen MR) is 78.7 cm³/mol. The molecule has 0 saturated heterocycles. The number of nitrogens with zero attached hydrogens (tertiary/aromatic N) is 1. The summed E-state index contributed by atoms with van der Waals surface area (Å²) < 4.78 is 5.90. The molecule has 1 aliphatic rings. The van der Waals surface area contributed by atoms with E-state index >= 15 is 0 Å². The molecule has 0 aliphatic carbocycles. The van der Waals surface area contributed by atoms with Gasteiger partial charge in [-0.1, -0.05) is 12.1 Å². The van der Waals surface area contributed by atoms with Gasteiger partial charge in [-0.15, -0.1) is 0 Å². The second-order valence-corrected chi connectivity index (χ2v) is 6.11. The van der Waals surface area contributed by atoms with Gasteiger partial charge in [-0.3, -0.25) is 5.10 Å². The molecule has 3 rings (SSSR count). The molecule has 4 nitrogen and oxygen atoms in total. The van der Waals surface area contributed by atoms with E-state index in [2.05, 4.69) is 54.5 Å². The van der Waals surface area contributed by atoms with Crippen molar-refractivity contribution in [3.05, 3.63) is 47.3 Å². The summed E-state index contributed by atoms with van der Waals surface area (Å²) in [4.78, 5) is 0. The minimum atomic E-state index is -0.0710. The average molecular weight is 271 g/mol.